The molecular formula is C13H13N3O2S. The molecule has 0 atom stereocenters. The van der Waals surface area contributed by atoms with Gasteiger partial charge in [-0.1, -0.05) is 23.9 Å². The van der Waals surface area contributed by atoms with E-state index in [9.17, 15) is 9.59 Å². The lowest BCUT2D eigenvalue weighted by Crippen LogP contribution is -2.16. The molecule has 1 heterocycles. The van der Waals surface area contributed by atoms with Crippen LogP contribution in [-0.2, 0) is 4.79 Å². The monoisotopic (exact) mass is 275 g/mol. The third-order valence-electron chi connectivity index (χ3n) is 2.57. The van der Waals surface area contributed by atoms with Crippen molar-refractivity contribution in [2.45, 2.75) is 11.6 Å². The summed E-state index contributed by atoms with van der Waals surface area (Å²) in [6, 6.07) is 7.05. The van der Waals surface area contributed by atoms with Gasteiger partial charge >= 0.3 is 0 Å². The third-order valence-corrected chi connectivity index (χ3v) is 3.24. The van der Waals surface area contributed by atoms with E-state index in [1.807, 2.05) is 23.1 Å². The van der Waals surface area contributed by atoms with Crippen molar-refractivity contribution in [3.8, 4) is 5.69 Å². The SMILES string of the molecule is CSc1nccn1-c1cccc(C(=O)CC(N)=O)c1. The molecule has 0 spiro atoms. The van der Waals surface area contributed by atoms with Crippen LogP contribution < -0.4 is 5.73 Å². The van der Waals surface area contributed by atoms with E-state index in [1.165, 1.54) is 11.8 Å². The number of imidazole rings is 1. The van der Waals surface area contributed by atoms with Crippen LogP contribution in [0, 0.1) is 0 Å². The fourth-order valence-corrected chi connectivity index (χ4v) is 2.26. The number of hydrogen-bond acceptors (Lipinski definition) is 4. The zero-order valence-corrected chi connectivity index (χ0v) is 11.2. The molecule has 0 unspecified atom stereocenters. The van der Waals surface area contributed by atoms with Crippen molar-refractivity contribution >= 4 is 23.5 Å². The van der Waals surface area contributed by atoms with Gasteiger partial charge in [-0.05, 0) is 18.4 Å². The minimum absolute atomic E-state index is 0.275. The molecule has 0 aliphatic rings. The van der Waals surface area contributed by atoms with E-state index in [0.717, 1.165) is 10.8 Å². The van der Waals surface area contributed by atoms with Gasteiger partial charge in [0.05, 0.1) is 6.42 Å². The first-order valence-electron chi connectivity index (χ1n) is 5.61. The Balaban J connectivity index is 2.34. The third kappa shape index (κ3) is 3.03. The van der Waals surface area contributed by atoms with E-state index in [0.29, 0.717) is 5.56 Å². The van der Waals surface area contributed by atoms with Crippen LogP contribution >= 0.6 is 11.8 Å². The highest BCUT2D eigenvalue weighted by atomic mass is 32.2. The van der Waals surface area contributed by atoms with Gasteiger partial charge in [0.25, 0.3) is 0 Å². The number of hydrogen-bond donors (Lipinski definition) is 1. The molecule has 0 aliphatic carbocycles. The first-order chi connectivity index (χ1) is 9.11. The lowest BCUT2D eigenvalue weighted by atomic mass is 10.1. The number of nitrogens with zero attached hydrogens (tertiary/aromatic N) is 2. The minimum atomic E-state index is -0.622. The fourth-order valence-electron chi connectivity index (χ4n) is 1.73. The molecule has 2 rings (SSSR count). The predicted octanol–water partition coefficient (Wildman–Crippen LogP) is 1.65. The average Bonchev–Trinajstić information content (AvgIpc) is 2.86. The fraction of sp³-hybridized carbons (Fsp3) is 0.154. The number of carbonyl (C=O) groups is 2. The summed E-state index contributed by atoms with van der Waals surface area (Å²) >= 11 is 1.51. The predicted molar refractivity (Wildman–Crippen MR) is 73.5 cm³/mol. The molecule has 0 bridgehead atoms. The smallest absolute Gasteiger partial charge is 0.225 e. The Morgan fingerprint density at radius 3 is 2.89 bits per heavy atom. The Hall–Kier alpha value is -2.08. The van der Waals surface area contributed by atoms with Crippen LogP contribution in [0.5, 0.6) is 0 Å². The highest BCUT2D eigenvalue weighted by Crippen LogP contribution is 2.19. The van der Waals surface area contributed by atoms with E-state index in [-0.39, 0.29) is 12.2 Å². The molecule has 1 aromatic heterocycles. The normalized spacial score (nSPS) is 10.4. The summed E-state index contributed by atoms with van der Waals surface area (Å²) in [5.74, 6) is -0.900. The van der Waals surface area contributed by atoms with Crippen LogP contribution in [0.2, 0.25) is 0 Å². The molecule has 1 aromatic carbocycles. The van der Waals surface area contributed by atoms with E-state index >= 15 is 0 Å². The zero-order chi connectivity index (χ0) is 13.8. The molecule has 2 N–H and O–H groups in total. The average molecular weight is 275 g/mol. The van der Waals surface area contributed by atoms with Crippen LogP contribution in [0.1, 0.15) is 16.8 Å². The van der Waals surface area contributed by atoms with Crippen molar-refractivity contribution in [2.24, 2.45) is 5.73 Å². The first kappa shape index (κ1) is 13.4. The highest BCUT2D eigenvalue weighted by Gasteiger charge is 2.11. The Bertz CT molecular complexity index is 622. The van der Waals surface area contributed by atoms with E-state index in [2.05, 4.69) is 4.98 Å². The number of carbonyl (C=O) groups excluding carboxylic acids is 2. The molecule has 5 nitrogen and oxygen atoms in total. The number of rotatable bonds is 5. The number of thioether (sulfide) groups is 1. The second kappa shape index (κ2) is 5.71. The number of benzene rings is 1. The molecule has 1 amide bonds. The van der Waals surface area contributed by atoms with Gasteiger partial charge < -0.3 is 5.73 Å². The molecule has 0 aliphatic heterocycles. The highest BCUT2D eigenvalue weighted by molar-refractivity contribution is 7.98. The van der Waals surface area contributed by atoms with Crippen molar-refractivity contribution in [3.63, 3.8) is 0 Å². The summed E-state index contributed by atoms with van der Waals surface area (Å²) in [5.41, 5.74) is 6.33. The standard InChI is InChI=1S/C13H13N3O2S/c1-19-13-15-5-6-16(13)10-4-2-3-9(7-10)11(17)8-12(14)18/h2-7H,8H2,1H3,(H2,14,18). The summed E-state index contributed by atoms with van der Waals surface area (Å²) in [5, 5.41) is 0.833. The van der Waals surface area contributed by atoms with Crippen molar-refractivity contribution in [2.75, 3.05) is 6.26 Å². The summed E-state index contributed by atoms with van der Waals surface area (Å²) < 4.78 is 1.88. The topological polar surface area (TPSA) is 78.0 Å². The molecule has 0 saturated carbocycles. The molecule has 19 heavy (non-hydrogen) atoms. The number of amides is 1. The zero-order valence-electron chi connectivity index (χ0n) is 10.4. The van der Waals surface area contributed by atoms with Gasteiger partial charge in [0.1, 0.15) is 0 Å². The van der Waals surface area contributed by atoms with Gasteiger partial charge in [-0.3, -0.25) is 14.2 Å². The van der Waals surface area contributed by atoms with Gasteiger partial charge in [0, 0.05) is 23.6 Å². The number of aromatic nitrogens is 2. The maximum Gasteiger partial charge on any atom is 0.225 e. The number of ketones is 1. The first-order valence-corrected chi connectivity index (χ1v) is 6.83. The molecule has 0 fully saturated rings. The van der Waals surface area contributed by atoms with E-state index in [1.54, 1.807) is 24.4 Å². The minimum Gasteiger partial charge on any atom is -0.369 e. The number of nitrogens with two attached hydrogens (primary N) is 1. The molecule has 0 radical (unpaired) electrons. The van der Waals surface area contributed by atoms with E-state index < -0.39 is 5.91 Å². The lowest BCUT2D eigenvalue weighted by Gasteiger charge is -2.07. The van der Waals surface area contributed by atoms with Gasteiger partial charge in [-0.25, -0.2) is 4.98 Å². The maximum atomic E-state index is 11.8. The quantitative estimate of drug-likeness (QED) is 0.511. The molecule has 0 saturated heterocycles. The Morgan fingerprint density at radius 1 is 1.42 bits per heavy atom. The molecule has 6 heteroatoms. The maximum absolute atomic E-state index is 11.8. The Kier molecular flexibility index (Phi) is 4.01. The Labute approximate surface area is 114 Å². The van der Waals surface area contributed by atoms with Gasteiger partial charge in [0.2, 0.25) is 5.91 Å². The van der Waals surface area contributed by atoms with Crippen LogP contribution in [0.15, 0.2) is 41.8 Å². The van der Waals surface area contributed by atoms with Crippen LogP contribution in [0.3, 0.4) is 0 Å². The van der Waals surface area contributed by atoms with E-state index in [4.69, 9.17) is 5.73 Å². The second-order valence-electron chi connectivity index (χ2n) is 3.90. The summed E-state index contributed by atoms with van der Waals surface area (Å²) in [6.45, 7) is 0. The summed E-state index contributed by atoms with van der Waals surface area (Å²) in [6.07, 6.45) is 5.18. The van der Waals surface area contributed by atoms with Crippen LogP contribution in [0.25, 0.3) is 5.69 Å². The lowest BCUT2D eigenvalue weighted by molar-refractivity contribution is -0.117. The van der Waals surface area contributed by atoms with Gasteiger partial charge in [-0.2, -0.15) is 0 Å². The molecular weight excluding hydrogens is 262 g/mol. The van der Waals surface area contributed by atoms with Crippen molar-refractivity contribution in [1.29, 1.82) is 0 Å². The van der Waals surface area contributed by atoms with Crippen LogP contribution in [0.4, 0.5) is 0 Å². The van der Waals surface area contributed by atoms with Crippen molar-refractivity contribution in [1.82, 2.24) is 9.55 Å². The van der Waals surface area contributed by atoms with Crippen molar-refractivity contribution < 1.29 is 9.59 Å². The summed E-state index contributed by atoms with van der Waals surface area (Å²) in [7, 11) is 0. The molecule has 98 valence electrons. The van der Waals surface area contributed by atoms with Crippen LogP contribution in [-0.4, -0.2) is 27.5 Å². The second-order valence-corrected chi connectivity index (χ2v) is 4.67. The van der Waals surface area contributed by atoms with Gasteiger partial charge in [-0.15, -0.1) is 0 Å². The van der Waals surface area contributed by atoms with Crippen molar-refractivity contribution in [3.05, 3.63) is 42.2 Å². The summed E-state index contributed by atoms with van der Waals surface area (Å²) in [4.78, 5) is 26.8. The van der Waals surface area contributed by atoms with Gasteiger partial charge in [0.15, 0.2) is 10.9 Å². The number of Topliss-reactive ketones (excluding diaryl/α,β-unsaturated/α-hetero) is 1. The Morgan fingerprint density at radius 2 is 2.21 bits per heavy atom. The number of primary amides is 1. The largest absolute Gasteiger partial charge is 0.369 e. The molecule has 2 aromatic rings.